The normalized spacial score (nSPS) is 13.0. The Labute approximate surface area is 389 Å². The first-order valence-corrected chi connectivity index (χ1v) is 28.2. The van der Waals surface area contributed by atoms with Gasteiger partial charge >= 0.3 is 0 Å². The molecule has 0 aromatic rings. The van der Waals surface area contributed by atoms with Gasteiger partial charge in [0.2, 0.25) is 5.91 Å². The molecule has 366 valence electrons. The summed E-state index contributed by atoms with van der Waals surface area (Å²) in [6, 6.07) is -0.538. The zero-order valence-electron chi connectivity index (χ0n) is 42.2. The average molecular weight is 871 g/mol. The average Bonchev–Trinajstić information content (AvgIpc) is 3.28. The molecule has 0 radical (unpaired) electrons. The molecular weight excluding hydrogens is 759 g/mol. The summed E-state index contributed by atoms with van der Waals surface area (Å²) >= 11 is 0. The summed E-state index contributed by atoms with van der Waals surface area (Å²) in [5, 5.41) is 23.4. The molecule has 4 heteroatoms. The maximum atomic E-state index is 12.5. The van der Waals surface area contributed by atoms with Crippen LogP contribution in [0.5, 0.6) is 0 Å². The molecule has 0 aliphatic carbocycles. The van der Waals surface area contributed by atoms with Gasteiger partial charge < -0.3 is 15.5 Å². The summed E-state index contributed by atoms with van der Waals surface area (Å²) in [4.78, 5) is 12.5. The van der Waals surface area contributed by atoms with Crippen LogP contribution in [0.1, 0.15) is 309 Å². The zero-order valence-corrected chi connectivity index (χ0v) is 42.2. The van der Waals surface area contributed by atoms with Crippen LogP contribution in [0.4, 0.5) is 0 Å². The molecule has 0 saturated carbocycles. The smallest absolute Gasteiger partial charge is 0.220 e. The van der Waals surface area contributed by atoms with Gasteiger partial charge in [-0.15, -0.1) is 0 Å². The van der Waals surface area contributed by atoms with Crippen LogP contribution >= 0.6 is 0 Å². The first kappa shape index (κ1) is 60.6. The Morgan fingerprint density at radius 3 is 0.984 bits per heavy atom. The SMILES string of the molecule is CCCCCCC/C=C\C/C=C\C/C=C\CCCCCCCCCCCCCCC(=O)NC(CO)C(O)CCCCCCCCCCCCCCCCCCCCCCCCC. The molecule has 2 unspecified atom stereocenters. The van der Waals surface area contributed by atoms with Gasteiger partial charge in [-0.25, -0.2) is 0 Å². The summed E-state index contributed by atoms with van der Waals surface area (Å²) in [7, 11) is 0. The van der Waals surface area contributed by atoms with Gasteiger partial charge in [0, 0.05) is 6.42 Å². The summed E-state index contributed by atoms with van der Waals surface area (Å²) in [5.74, 6) is -0.0296. The largest absolute Gasteiger partial charge is 0.394 e. The number of carbonyl (C=O) groups is 1. The molecule has 62 heavy (non-hydrogen) atoms. The van der Waals surface area contributed by atoms with E-state index in [0.717, 1.165) is 38.5 Å². The molecule has 0 aliphatic heterocycles. The lowest BCUT2D eigenvalue weighted by Gasteiger charge is -2.22. The Morgan fingerprint density at radius 2 is 0.661 bits per heavy atom. The van der Waals surface area contributed by atoms with E-state index < -0.39 is 12.1 Å². The number of unbranched alkanes of at least 4 members (excludes halogenated alkanes) is 39. The van der Waals surface area contributed by atoms with Crippen LogP contribution in [0.3, 0.4) is 0 Å². The number of carbonyl (C=O) groups excluding carboxylic acids is 1. The highest BCUT2D eigenvalue weighted by molar-refractivity contribution is 5.76. The van der Waals surface area contributed by atoms with Crippen molar-refractivity contribution in [2.45, 2.75) is 321 Å². The lowest BCUT2D eigenvalue weighted by Crippen LogP contribution is -2.45. The Balaban J connectivity index is 3.46. The van der Waals surface area contributed by atoms with Crippen LogP contribution in [0.2, 0.25) is 0 Å². The number of aliphatic hydroxyl groups excluding tert-OH is 2. The topological polar surface area (TPSA) is 69.6 Å². The molecule has 0 aromatic carbocycles. The molecule has 4 nitrogen and oxygen atoms in total. The van der Waals surface area contributed by atoms with Crippen molar-refractivity contribution in [3.8, 4) is 0 Å². The minimum absolute atomic E-state index is 0.0296. The molecule has 0 spiro atoms. The fourth-order valence-corrected chi connectivity index (χ4v) is 8.84. The van der Waals surface area contributed by atoms with Crippen LogP contribution in [0.25, 0.3) is 0 Å². The Morgan fingerprint density at radius 1 is 0.387 bits per heavy atom. The first-order chi connectivity index (χ1) is 30.7. The standard InChI is InChI=1S/C58H111NO3/c1-3-5-7-9-11-13-15-17-19-21-23-25-27-28-29-30-32-34-36-38-40-42-44-46-48-50-52-54-58(62)59-56(55-60)57(61)53-51-49-47-45-43-41-39-37-35-33-31-26-24-22-20-18-16-14-12-10-8-6-4-2/h15,17,21,23,27-28,56-57,60-61H,3-14,16,18-20,22,24-26,29-55H2,1-2H3,(H,59,62)/b17-15-,23-21-,28-27-. The second-order valence-electron chi connectivity index (χ2n) is 19.4. The molecule has 0 bridgehead atoms. The molecule has 0 rings (SSSR count). The molecule has 0 fully saturated rings. The van der Waals surface area contributed by atoms with E-state index in [4.69, 9.17) is 0 Å². The quantitative estimate of drug-likeness (QED) is 0.0421. The molecule has 3 N–H and O–H groups in total. The molecule has 0 heterocycles. The van der Waals surface area contributed by atoms with Crippen molar-refractivity contribution in [1.82, 2.24) is 5.32 Å². The molecule has 0 aliphatic rings. The molecule has 2 atom stereocenters. The van der Waals surface area contributed by atoms with Crippen LogP contribution in [0, 0.1) is 0 Å². The summed E-state index contributed by atoms with van der Waals surface area (Å²) < 4.78 is 0. The van der Waals surface area contributed by atoms with Crippen molar-refractivity contribution in [2.24, 2.45) is 0 Å². The Bertz CT molecular complexity index is 943. The molecule has 1 amide bonds. The van der Waals surface area contributed by atoms with Crippen molar-refractivity contribution in [2.75, 3.05) is 6.61 Å². The highest BCUT2D eigenvalue weighted by Gasteiger charge is 2.20. The predicted octanol–water partition coefficient (Wildman–Crippen LogP) is 18.5. The number of nitrogens with one attached hydrogen (secondary N) is 1. The second kappa shape index (κ2) is 53.9. The van der Waals surface area contributed by atoms with Crippen LogP contribution in [-0.2, 0) is 4.79 Å². The van der Waals surface area contributed by atoms with Gasteiger partial charge in [-0.1, -0.05) is 288 Å². The predicted molar refractivity (Wildman–Crippen MR) is 276 cm³/mol. The number of hydrogen-bond donors (Lipinski definition) is 3. The van der Waals surface area contributed by atoms with Gasteiger partial charge in [-0.2, -0.15) is 0 Å². The zero-order chi connectivity index (χ0) is 44.9. The van der Waals surface area contributed by atoms with E-state index >= 15 is 0 Å². The van der Waals surface area contributed by atoms with E-state index in [2.05, 4.69) is 55.6 Å². The van der Waals surface area contributed by atoms with Gasteiger partial charge in [0.25, 0.3) is 0 Å². The van der Waals surface area contributed by atoms with Gasteiger partial charge in [-0.05, 0) is 51.4 Å². The van der Waals surface area contributed by atoms with Gasteiger partial charge in [-0.3, -0.25) is 4.79 Å². The highest BCUT2D eigenvalue weighted by atomic mass is 16.3. The number of rotatable bonds is 52. The van der Waals surface area contributed by atoms with Crippen molar-refractivity contribution >= 4 is 5.91 Å². The fraction of sp³-hybridized carbons (Fsp3) is 0.879. The minimum Gasteiger partial charge on any atom is -0.394 e. The molecule has 0 saturated heterocycles. The number of amides is 1. The summed E-state index contributed by atoms with van der Waals surface area (Å²) in [6.07, 6.45) is 72.7. The highest BCUT2D eigenvalue weighted by Crippen LogP contribution is 2.17. The lowest BCUT2D eigenvalue weighted by molar-refractivity contribution is -0.123. The number of aliphatic hydroxyl groups is 2. The third-order valence-corrected chi connectivity index (χ3v) is 13.2. The van der Waals surface area contributed by atoms with E-state index in [9.17, 15) is 15.0 Å². The molecular formula is C58H111NO3. The summed E-state index contributed by atoms with van der Waals surface area (Å²) in [6.45, 7) is 4.38. The van der Waals surface area contributed by atoms with E-state index in [0.29, 0.717) is 12.8 Å². The van der Waals surface area contributed by atoms with Crippen molar-refractivity contribution in [3.63, 3.8) is 0 Å². The first-order valence-electron chi connectivity index (χ1n) is 28.2. The summed E-state index contributed by atoms with van der Waals surface area (Å²) in [5.41, 5.74) is 0. The lowest BCUT2D eigenvalue weighted by atomic mass is 10.0. The van der Waals surface area contributed by atoms with Crippen molar-refractivity contribution < 1.29 is 15.0 Å². The Kier molecular flexibility index (Phi) is 52.7. The third-order valence-electron chi connectivity index (χ3n) is 13.2. The maximum absolute atomic E-state index is 12.5. The number of hydrogen-bond acceptors (Lipinski definition) is 3. The van der Waals surface area contributed by atoms with Crippen LogP contribution < -0.4 is 5.32 Å². The van der Waals surface area contributed by atoms with E-state index in [1.54, 1.807) is 0 Å². The fourth-order valence-electron chi connectivity index (χ4n) is 8.84. The minimum atomic E-state index is -0.661. The second-order valence-corrected chi connectivity index (χ2v) is 19.4. The third kappa shape index (κ3) is 49.6. The maximum Gasteiger partial charge on any atom is 0.220 e. The van der Waals surface area contributed by atoms with Crippen LogP contribution in [-0.4, -0.2) is 34.9 Å². The van der Waals surface area contributed by atoms with Gasteiger partial charge in [0.05, 0.1) is 18.8 Å². The van der Waals surface area contributed by atoms with Gasteiger partial charge in [0.1, 0.15) is 0 Å². The van der Waals surface area contributed by atoms with Crippen LogP contribution in [0.15, 0.2) is 36.5 Å². The molecule has 0 aromatic heterocycles. The number of allylic oxidation sites excluding steroid dienone is 6. The van der Waals surface area contributed by atoms with E-state index in [1.165, 1.54) is 244 Å². The van der Waals surface area contributed by atoms with Crippen molar-refractivity contribution in [1.29, 1.82) is 0 Å². The van der Waals surface area contributed by atoms with Gasteiger partial charge in [0.15, 0.2) is 0 Å². The van der Waals surface area contributed by atoms with Crippen molar-refractivity contribution in [3.05, 3.63) is 36.5 Å². The Hall–Kier alpha value is -1.39. The van der Waals surface area contributed by atoms with E-state index in [1.807, 2.05) is 0 Å². The monoisotopic (exact) mass is 870 g/mol. The van der Waals surface area contributed by atoms with E-state index in [-0.39, 0.29) is 12.5 Å².